The number of carbonyl (C=O) groups is 2. The Morgan fingerprint density at radius 1 is 1.00 bits per heavy atom. The molecule has 2 rings (SSSR count). The fourth-order valence-corrected chi connectivity index (χ4v) is 1.68. The number of amides is 1. The van der Waals surface area contributed by atoms with E-state index in [0.717, 1.165) is 17.7 Å². The van der Waals surface area contributed by atoms with Crippen LogP contribution in [0.5, 0.6) is 0 Å². The van der Waals surface area contributed by atoms with Gasteiger partial charge in [-0.2, -0.15) is 0 Å². The normalized spacial score (nSPS) is 10.2. The molecule has 0 bridgehead atoms. The van der Waals surface area contributed by atoms with Crippen LogP contribution in [0.25, 0.3) is 0 Å². The smallest absolute Gasteiger partial charge is 0.296 e. The van der Waals surface area contributed by atoms with Crippen molar-refractivity contribution < 1.29 is 18.4 Å². The van der Waals surface area contributed by atoms with Crippen LogP contribution in [-0.4, -0.2) is 11.7 Å². The van der Waals surface area contributed by atoms with E-state index in [1.54, 1.807) is 18.2 Å². The molecule has 0 aliphatic carbocycles. The standard InChI is InChI=1S/C15H11F2NO2/c1-9-3-2-4-11(7-9)18-15(20)14(19)10-5-6-12(16)13(17)8-10/h2-8H,1H3,(H,18,20). The fourth-order valence-electron chi connectivity index (χ4n) is 1.68. The van der Waals surface area contributed by atoms with Gasteiger partial charge in [-0.1, -0.05) is 12.1 Å². The Balaban J connectivity index is 2.16. The third-order valence-electron chi connectivity index (χ3n) is 2.66. The van der Waals surface area contributed by atoms with Gasteiger partial charge in [0, 0.05) is 11.3 Å². The number of ketones is 1. The molecule has 0 radical (unpaired) electrons. The van der Waals surface area contributed by atoms with E-state index in [4.69, 9.17) is 0 Å². The second-order valence-corrected chi connectivity index (χ2v) is 4.28. The monoisotopic (exact) mass is 275 g/mol. The SMILES string of the molecule is Cc1cccc(NC(=O)C(=O)c2ccc(F)c(F)c2)c1. The van der Waals surface area contributed by atoms with Crippen molar-refractivity contribution in [2.45, 2.75) is 6.92 Å². The Hall–Kier alpha value is -2.56. The molecule has 0 spiro atoms. The number of aryl methyl sites for hydroxylation is 1. The van der Waals surface area contributed by atoms with Gasteiger partial charge in [-0.25, -0.2) is 8.78 Å². The number of Topliss-reactive ketones (excluding diaryl/α,β-unsaturated/α-hetero) is 1. The Morgan fingerprint density at radius 2 is 1.75 bits per heavy atom. The molecule has 0 heterocycles. The molecule has 1 N–H and O–H groups in total. The Morgan fingerprint density at radius 3 is 2.40 bits per heavy atom. The predicted molar refractivity (Wildman–Crippen MR) is 70.5 cm³/mol. The Bertz CT molecular complexity index is 683. The minimum Gasteiger partial charge on any atom is -0.319 e. The van der Waals surface area contributed by atoms with E-state index in [9.17, 15) is 18.4 Å². The van der Waals surface area contributed by atoms with Crippen LogP contribution in [0.4, 0.5) is 14.5 Å². The van der Waals surface area contributed by atoms with E-state index < -0.39 is 23.3 Å². The van der Waals surface area contributed by atoms with Crippen LogP contribution < -0.4 is 5.32 Å². The maximum Gasteiger partial charge on any atom is 0.296 e. The van der Waals surface area contributed by atoms with Crippen molar-refractivity contribution in [1.82, 2.24) is 0 Å². The van der Waals surface area contributed by atoms with E-state index in [0.29, 0.717) is 11.8 Å². The molecule has 0 atom stereocenters. The number of carbonyl (C=O) groups excluding carboxylic acids is 2. The lowest BCUT2D eigenvalue weighted by atomic mass is 10.1. The maximum absolute atomic E-state index is 13.0. The summed E-state index contributed by atoms with van der Waals surface area (Å²) in [5, 5.41) is 2.41. The molecule has 1 amide bonds. The number of hydrogen-bond acceptors (Lipinski definition) is 2. The molecule has 2 aromatic carbocycles. The first-order chi connectivity index (χ1) is 9.47. The van der Waals surface area contributed by atoms with E-state index in [2.05, 4.69) is 5.32 Å². The fraction of sp³-hybridized carbons (Fsp3) is 0.0667. The zero-order valence-electron chi connectivity index (χ0n) is 10.6. The van der Waals surface area contributed by atoms with E-state index in [-0.39, 0.29) is 5.56 Å². The molecule has 102 valence electrons. The molecule has 0 fully saturated rings. The summed E-state index contributed by atoms with van der Waals surface area (Å²) >= 11 is 0. The Kier molecular flexibility index (Phi) is 3.89. The number of anilines is 1. The highest BCUT2D eigenvalue weighted by Gasteiger charge is 2.18. The summed E-state index contributed by atoms with van der Waals surface area (Å²) in [6.45, 7) is 1.84. The summed E-state index contributed by atoms with van der Waals surface area (Å²) in [5.74, 6) is -4.06. The van der Waals surface area contributed by atoms with Crippen molar-refractivity contribution >= 4 is 17.4 Å². The zero-order chi connectivity index (χ0) is 14.7. The highest BCUT2D eigenvalue weighted by Crippen LogP contribution is 2.12. The summed E-state index contributed by atoms with van der Waals surface area (Å²) in [6, 6.07) is 9.46. The molecule has 0 aliphatic heterocycles. The predicted octanol–water partition coefficient (Wildman–Crippen LogP) is 3.09. The van der Waals surface area contributed by atoms with Gasteiger partial charge in [0.15, 0.2) is 11.6 Å². The molecular weight excluding hydrogens is 264 g/mol. The third kappa shape index (κ3) is 3.06. The van der Waals surface area contributed by atoms with Gasteiger partial charge in [0.1, 0.15) is 0 Å². The number of benzene rings is 2. The molecule has 0 saturated heterocycles. The molecule has 2 aromatic rings. The van der Waals surface area contributed by atoms with Gasteiger partial charge in [0.05, 0.1) is 0 Å². The number of halogens is 2. The summed E-state index contributed by atoms with van der Waals surface area (Å²) in [5.41, 5.74) is 1.18. The number of rotatable bonds is 3. The topological polar surface area (TPSA) is 46.2 Å². The van der Waals surface area contributed by atoms with Gasteiger partial charge < -0.3 is 5.32 Å². The second-order valence-electron chi connectivity index (χ2n) is 4.28. The summed E-state index contributed by atoms with van der Waals surface area (Å²) in [4.78, 5) is 23.5. The van der Waals surface area contributed by atoms with Crippen LogP contribution in [0.3, 0.4) is 0 Å². The summed E-state index contributed by atoms with van der Waals surface area (Å²) in [6.07, 6.45) is 0. The lowest BCUT2D eigenvalue weighted by Crippen LogP contribution is -2.23. The van der Waals surface area contributed by atoms with Gasteiger partial charge in [-0.15, -0.1) is 0 Å². The van der Waals surface area contributed by atoms with Crippen LogP contribution in [0.2, 0.25) is 0 Å². The number of hydrogen-bond donors (Lipinski definition) is 1. The highest BCUT2D eigenvalue weighted by molar-refractivity contribution is 6.46. The van der Waals surface area contributed by atoms with E-state index in [1.165, 1.54) is 0 Å². The van der Waals surface area contributed by atoms with Crippen molar-refractivity contribution in [3.8, 4) is 0 Å². The summed E-state index contributed by atoms with van der Waals surface area (Å²) in [7, 11) is 0. The maximum atomic E-state index is 13.0. The summed E-state index contributed by atoms with van der Waals surface area (Å²) < 4.78 is 25.8. The lowest BCUT2D eigenvalue weighted by Gasteiger charge is -2.05. The van der Waals surface area contributed by atoms with E-state index >= 15 is 0 Å². The molecular formula is C15H11F2NO2. The largest absolute Gasteiger partial charge is 0.319 e. The molecule has 3 nitrogen and oxygen atoms in total. The van der Waals surface area contributed by atoms with Crippen LogP contribution in [0, 0.1) is 18.6 Å². The highest BCUT2D eigenvalue weighted by atomic mass is 19.2. The van der Waals surface area contributed by atoms with E-state index in [1.807, 2.05) is 13.0 Å². The minimum atomic E-state index is -1.17. The van der Waals surface area contributed by atoms with Crippen molar-refractivity contribution in [3.05, 3.63) is 65.2 Å². The zero-order valence-corrected chi connectivity index (χ0v) is 10.6. The van der Waals surface area contributed by atoms with Gasteiger partial charge in [0.25, 0.3) is 11.7 Å². The van der Waals surface area contributed by atoms with Crippen molar-refractivity contribution in [3.63, 3.8) is 0 Å². The van der Waals surface area contributed by atoms with Crippen LogP contribution in [0.15, 0.2) is 42.5 Å². The average molecular weight is 275 g/mol. The van der Waals surface area contributed by atoms with Crippen LogP contribution in [-0.2, 0) is 4.79 Å². The van der Waals surface area contributed by atoms with Crippen molar-refractivity contribution in [2.24, 2.45) is 0 Å². The van der Waals surface area contributed by atoms with Crippen molar-refractivity contribution in [2.75, 3.05) is 5.32 Å². The van der Waals surface area contributed by atoms with Crippen molar-refractivity contribution in [1.29, 1.82) is 0 Å². The third-order valence-corrected chi connectivity index (χ3v) is 2.66. The molecule has 0 aromatic heterocycles. The first-order valence-electron chi connectivity index (χ1n) is 5.85. The average Bonchev–Trinajstić information content (AvgIpc) is 2.41. The molecule has 0 aliphatic rings. The second kappa shape index (κ2) is 5.61. The Labute approximate surface area is 114 Å². The van der Waals surface area contributed by atoms with Crippen LogP contribution >= 0.6 is 0 Å². The van der Waals surface area contributed by atoms with Gasteiger partial charge in [-0.3, -0.25) is 9.59 Å². The lowest BCUT2D eigenvalue weighted by molar-refractivity contribution is -0.112. The van der Waals surface area contributed by atoms with Crippen LogP contribution in [0.1, 0.15) is 15.9 Å². The minimum absolute atomic E-state index is 0.200. The molecule has 20 heavy (non-hydrogen) atoms. The first-order valence-corrected chi connectivity index (χ1v) is 5.85. The molecule has 0 unspecified atom stereocenters. The molecule has 0 saturated carbocycles. The van der Waals surface area contributed by atoms with Gasteiger partial charge in [0.2, 0.25) is 0 Å². The van der Waals surface area contributed by atoms with Gasteiger partial charge in [-0.05, 0) is 42.8 Å². The quantitative estimate of drug-likeness (QED) is 0.691. The molecule has 5 heteroatoms. The number of nitrogens with one attached hydrogen (secondary N) is 1. The first kappa shape index (κ1) is 13.9. The van der Waals surface area contributed by atoms with Gasteiger partial charge >= 0.3 is 0 Å².